The molecule has 0 rings (SSSR count). The van der Waals surface area contributed by atoms with Gasteiger partial charge in [0.25, 0.3) is 0 Å². The minimum Gasteiger partial charge on any atom is -0.394 e. The topological polar surface area (TPSA) is 89.8 Å². The highest BCUT2D eigenvalue weighted by Gasteiger charge is 2.26. The average molecular weight is 528 g/mol. The summed E-state index contributed by atoms with van der Waals surface area (Å²) < 4.78 is 0. The molecule has 37 heavy (non-hydrogen) atoms. The zero-order valence-corrected chi connectivity index (χ0v) is 24.9. The van der Waals surface area contributed by atoms with Crippen molar-refractivity contribution in [2.45, 2.75) is 193 Å². The highest BCUT2D eigenvalue weighted by molar-refractivity contribution is 5.76. The number of amides is 1. The first-order valence-electron chi connectivity index (χ1n) is 16.3. The first-order chi connectivity index (χ1) is 18.1. The normalized spacial score (nSPS) is 14.0. The van der Waals surface area contributed by atoms with Gasteiger partial charge < -0.3 is 20.6 Å². The summed E-state index contributed by atoms with van der Waals surface area (Å²) >= 11 is 0. The molecule has 4 N–H and O–H groups in total. The third kappa shape index (κ3) is 24.1. The van der Waals surface area contributed by atoms with E-state index in [1.807, 2.05) is 0 Å². The fourth-order valence-corrected chi connectivity index (χ4v) is 5.10. The molecule has 1 amide bonds. The molecule has 222 valence electrons. The minimum absolute atomic E-state index is 0.147. The fourth-order valence-electron chi connectivity index (χ4n) is 5.10. The van der Waals surface area contributed by atoms with E-state index >= 15 is 0 Å². The highest BCUT2D eigenvalue weighted by Crippen LogP contribution is 2.15. The van der Waals surface area contributed by atoms with Gasteiger partial charge in [-0.15, -0.1) is 0 Å². The minimum atomic E-state index is -1.13. The largest absolute Gasteiger partial charge is 0.394 e. The first kappa shape index (κ1) is 36.4. The molecule has 0 saturated carbocycles. The number of carbonyl (C=O) groups is 1. The second-order valence-electron chi connectivity index (χ2n) is 11.4. The van der Waals surface area contributed by atoms with Crippen LogP contribution in [0.4, 0.5) is 0 Å². The predicted molar refractivity (Wildman–Crippen MR) is 158 cm³/mol. The van der Waals surface area contributed by atoms with Gasteiger partial charge in [-0.1, -0.05) is 155 Å². The van der Waals surface area contributed by atoms with Gasteiger partial charge >= 0.3 is 0 Å². The lowest BCUT2D eigenvalue weighted by molar-refractivity contribution is -0.124. The maximum absolute atomic E-state index is 12.2. The zero-order chi connectivity index (χ0) is 27.4. The second kappa shape index (κ2) is 28.4. The van der Waals surface area contributed by atoms with Gasteiger partial charge in [-0.2, -0.15) is 0 Å². The maximum Gasteiger partial charge on any atom is 0.220 e. The van der Waals surface area contributed by atoms with Crippen molar-refractivity contribution in [1.29, 1.82) is 0 Å². The summed E-state index contributed by atoms with van der Waals surface area (Å²) in [5.41, 5.74) is 0. The Labute approximate surface area is 230 Å². The molecule has 0 aliphatic heterocycles. The summed E-state index contributed by atoms with van der Waals surface area (Å²) in [6.45, 7) is 4.14. The fraction of sp³-hybridized carbons (Fsp3) is 0.969. The highest BCUT2D eigenvalue weighted by atomic mass is 16.3. The molecule has 0 aromatic rings. The van der Waals surface area contributed by atoms with Gasteiger partial charge in [-0.05, 0) is 12.8 Å². The predicted octanol–water partition coefficient (Wildman–Crippen LogP) is 7.98. The molecule has 0 bridgehead atoms. The molecule has 5 nitrogen and oxygen atoms in total. The smallest absolute Gasteiger partial charge is 0.220 e. The molecular formula is C32H65NO4. The third-order valence-corrected chi connectivity index (χ3v) is 7.71. The average Bonchev–Trinajstić information content (AvgIpc) is 2.90. The van der Waals surface area contributed by atoms with Crippen molar-refractivity contribution in [3.63, 3.8) is 0 Å². The van der Waals surface area contributed by atoms with E-state index in [1.165, 1.54) is 116 Å². The third-order valence-electron chi connectivity index (χ3n) is 7.71. The second-order valence-corrected chi connectivity index (χ2v) is 11.4. The van der Waals surface area contributed by atoms with Crippen LogP contribution < -0.4 is 5.32 Å². The van der Waals surface area contributed by atoms with Gasteiger partial charge in [-0.25, -0.2) is 0 Å². The Kier molecular flexibility index (Phi) is 27.9. The van der Waals surface area contributed by atoms with E-state index in [1.54, 1.807) is 0 Å². The van der Waals surface area contributed by atoms with Crippen LogP contribution in [0, 0.1) is 0 Å². The maximum atomic E-state index is 12.2. The van der Waals surface area contributed by atoms with Gasteiger partial charge in [0.05, 0.1) is 18.8 Å². The van der Waals surface area contributed by atoms with Gasteiger partial charge in [0.1, 0.15) is 6.10 Å². The molecular weight excluding hydrogens is 462 g/mol. The monoisotopic (exact) mass is 527 g/mol. The van der Waals surface area contributed by atoms with Crippen LogP contribution in [0.3, 0.4) is 0 Å². The van der Waals surface area contributed by atoms with E-state index in [0.29, 0.717) is 12.8 Å². The number of hydrogen-bond acceptors (Lipinski definition) is 4. The molecule has 0 spiro atoms. The van der Waals surface area contributed by atoms with Crippen molar-refractivity contribution in [1.82, 2.24) is 5.32 Å². The number of rotatable bonds is 29. The molecule has 0 aromatic heterocycles. The Morgan fingerprint density at radius 2 is 0.919 bits per heavy atom. The number of hydrogen-bond donors (Lipinski definition) is 4. The molecule has 0 aliphatic rings. The summed E-state index contributed by atoms with van der Waals surface area (Å²) in [5, 5.41) is 33.2. The Hall–Kier alpha value is -0.650. The van der Waals surface area contributed by atoms with Crippen LogP contribution in [0.2, 0.25) is 0 Å². The lowest BCUT2D eigenvalue weighted by atomic mass is 9.99. The molecule has 0 heterocycles. The Morgan fingerprint density at radius 1 is 0.568 bits per heavy atom. The molecule has 0 radical (unpaired) electrons. The molecule has 0 aliphatic carbocycles. The van der Waals surface area contributed by atoms with E-state index in [2.05, 4.69) is 19.2 Å². The summed E-state index contributed by atoms with van der Waals surface area (Å²) in [7, 11) is 0. The molecule has 5 heteroatoms. The molecule has 0 saturated heterocycles. The van der Waals surface area contributed by atoms with Crippen LogP contribution in [0.25, 0.3) is 0 Å². The van der Waals surface area contributed by atoms with Crippen molar-refractivity contribution in [3.8, 4) is 0 Å². The Balaban J connectivity index is 3.72. The zero-order valence-electron chi connectivity index (χ0n) is 24.9. The van der Waals surface area contributed by atoms with Crippen molar-refractivity contribution in [3.05, 3.63) is 0 Å². The molecule has 3 atom stereocenters. The summed E-state index contributed by atoms with van der Waals surface area (Å²) in [6, 6.07) is -0.799. The number of carbonyl (C=O) groups excluding carboxylic acids is 1. The van der Waals surface area contributed by atoms with Crippen LogP contribution in [-0.4, -0.2) is 46.1 Å². The summed E-state index contributed by atoms with van der Waals surface area (Å²) in [5.74, 6) is -0.147. The number of unbranched alkanes of at least 4 members (excludes halogenated alkanes) is 21. The van der Waals surface area contributed by atoms with Gasteiger partial charge in [0, 0.05) is 6.42 Å². The van der Waals surface area contributed by atoms with Gasteiger partial charge in [-0.3, -0.25) is 4.79 Å². The molecule has 3 unspecified atom stereocenters. The summed E-state index contributed by atoms with van der Waals surface area (Å²) in [6.07, 6.45) is 27.6. The van der Waals surface area contributed by atoms with Gasteiger partial charge in [0.2, 0.25) is 5.91 Å². The lowest BCUT2D eigenvalue weighted by Crippen LogP contribution is -2.50. The van der Waals surface area contributed by atoms with E-state index in [4.69, 9.17) is 0 Å². The van der Waals surface area contributed by atoms with Crippen molar-refractivity contribution < 1.29 is 20.1 Å². The Bertz CT molecular complexity index is 474. The van der Waals surface area contributed by atoms with Crippen molar-refractivity contribution in [2.24, 2.45) is 0 Å². The van der Waals surface area contributed by atoms with E-state index in [9.17, 15) is 20.1 Å². The Morgan fingerprint density at radius 3 is 1.30 bits per heavy atom. The van der Waals surface area contributed by atoms with E-state index < -0.39 is 18.2 Å². The quantitative estimate of drug-likeness (QED) is 0.0742. The van der Waals surface area contributed by atoms with E-state index in [0.717, 1.165) is 32.1 Å². The molecule has 0 aromatic carbocycles. The SMILES string of the molecule is CCCCCCCCCCCCCCCC(O)C(O)C(CO)NC(=O)CCCCCCCCCCCC. The standard InChI is InChI=1S/C32H65NO4/c1-3-5-7-9-11-13-15-16-17-18-20-22-24-26-30(35)32(37)29(28-34)33-31(36)27-25-23-21-19-14-12-10-8-6-4-2/h29-30,32,34-35,37H,3-28H2,1-2H3,(H,33,36). The van der Waals surface area contributed by atoms with Crippen LogP contribution in [-0.2, 0) is 4.79 Å². The number of nitrogens with one attached hydrogen (secondary N) is 1. The van der Waals surface area contributed by atoms with Crippen LogP contribution >= 0.6 is 0 Å². The first-order valence-corrected chi connectivity index (χ1v) is 16.3. The molecule has 0 fully saturated rings. The van der Waals surface area contributed by atoms with Crippen LogP contribution in [0.15, 0.2) is 0 Å². The van der Waals surface area contributed by atoms with Crippen molar-refractivity contribution >= 4 is 5.91 Å². The van der Waals surface area contributed by atoms with Crippen molar-refractivity contribution in [2.75, 3.05) is 6.61 Å². The van der Waals surface area contributed by atoms with Gasteiger partial charge in [0.15, 0.2) is 0 Å². The number of aliphatic hydroxyl groups excluding tert-OH is 3. The lowest BCUT2D eigenvalue weighted by Gasteiger charge is -2.26. The summed E-state index contributed by atoms with van der Waals surface area (Å²) in [4.78, 5) is 12.2. The van der Waals surface area contributed by atoms with Crippen LogP contribution in [0.1, 0.15) is 174 Å². The number of aliphatic hydroxyl groups is 3. The van der Waals surface area contributed by atoms with E-state index in [-0.39, 0.29) is 12.5 Å². The van der Waals surface area contributed by atoms with Crippen LogP contribution in [0.5, 0.6) is 0 Å².